The van der Waals surface area contributed by atoms with Crippen molar-refractivity contribution in [2.45, 2.75) is 72.4 Å². The highest BCUT2D eigenvalue weighted by molar-refractivity contribution is 5.86. The van der Waals surface area contributed by atoms with Crippen LogP contribution in [0, 0.1) is 5.92 Å². The lowest BCUT2D eigenvalue weighted by atomic mass is 10.0. The van der Waals surface area contributed by atoms with Gasteiger partial charge < -0.3 is 19.2 Å². The number of fused-ring (bicyclic) bond motifs is 1. The molecule has 0 radical (unpaired) electrons. The molecule has 0 aliphatic carbocycles. The number of esters is 1. The summed E-state index contributed by atoms with van der Waals surface area (Å²) in [6.45, 7) is 11.1. The first kappa shape index (κ1) is 26.9. The number of carbonyl (C=O) groups is 2. The van der Waals surface area contributed by atoms with Crippen molar-refractivity contribution >= 4 is 23.0 Å². The Morgan fingerprint density at radius 1 is 1.17 bits per heavy atom. The summed E-state index contributed by atoms with van der Waals surface area (Å²) in [4.78, 5) is 43.0. The van der Waals surface area contributed by atoms with Crippen LogP contribution in [0.15, 0.2) is 52.0 Å². The number of hydrogen-bond donors (Lipinski definition) is 1. The molecule has 1 atom stereocenters. The number of amides is 1. The zero-order valence-corrected chi connectivity index (χ0v) is 21.7. The number of nitrogens with one attached hydrogen (secondary N) is 1. The smallest absolute Gasteiger partial charge is 0.408 e. The lowest BCUT2D eigenvalue weighted by Gasteiger charge is -2.24. The third kappa shape index (κ3) is 6.93. The van der Waals surface area contributed by atoms with Gasteiger partial charge in [-0.05, 0) is 63.3 Å². The lowest BCUT2D eigenvalue weighted by Crippen LogP contribution is -2.45. The molecule has 0 spiro atoms. The third-order valence-corrected chi connectivity index (χ3v) is 5.31. The van der Waals surface area contributed by atoms with E-state index in [1.54, 1.807) is 57.3 Å². The van der Waals surface area contributed by atoms with Gasteiger partial charge in [-0.25, -0.2) is 9.59 Å². The van der Waals surface area contributed by atoms with E-state index in [4.69, 9.17) is 13.9 Å². The van der Waals surface area contributed by atoms with Crippen LogP contribution in [-0.4, -0.2) is 28.7 Å². The quantitative estimate of drug-likeness (QED) is 0.318. The number of aryl methyl sites for hydroxylation is 1. The standard InChI is InChI=1S/C28H34N2O6/c1-7-10-18-14-19-24(34-16-20(25(19)31)21-11-8-9-12-29-21)15-23(18)35-26(32)22(13-17(2)3)30-27(33)36-28(4,5)6/h8-9,11-12,14-17,22H,7,10,13H2,1-6H3,(H,30,33). The van der Waals surface area contributed by atoms with E-state index in [-0.39, 0.29) is 11.3 Å². The molecule has 2 heterocycles. The first-order valence-electron chi connectivity index (χ1n) is 12.2. The Labute approximate surface area is 211 Å². The van der Waals surface area contributed by atoms with Crippen LogP contribution in [0.4, 0.5) is 4.79 Å². The topological polar surface area (TPSA) is 108 Å². The summed E-state index contributed by atoms with van der Waals surface area (Å²) in [5.41, 5.74) is 0.954. The molecule has 3 rings (SSSR count). The summed E-state index contributed by atoms with van der Waals surface area (Å²) in [6.07, 6.45) is 4.02. The number of carbonyl (C=O) groups excluding carboxylic acids is 2. The molecule has 0 saturated heterocycles. The fraction of sp³-hybridized carbons (Fsp3) is 0.429. The van der Waals surface area contributed by atoms with Gasteiger partial charge in [0.2, 0.25) is 5.43 Å². The predicted octanol–water partition coefficient (Wildman–Crippen LogP) is 5.65. The van der Waals surface area contributed by atoms with Gasteiger partial charge in [-0.2, -0.15) is 0 Å². The third-order valence-electron chi connectivity index (χ3n) is 5.31. The van der Waals surface area contributed by atoms with Crippen molar-refractivity contribution in [1.29, 1.82) is 0 Å². The van der Waals surface area contributed by atoms with E-state index in [1.807, 2.05) is 20.8 Å². The van der Waals surface area contributed by atoms with Gasteiger partial charge in [0.1, 0.15) is 29.2 Å². The normalized spacial score (nSPS) is 12.4. The summed E-state index contributed by atoms with van der Waals surface area (Å²) in [7, 11) is 0. The second-order valence-corrected chi connectivity index (χ2v) is 10.1. The maximum absolute atomic E-state index is 13.2. The number of ether oxygens (including phenoxy) is 2. The van der Waals surface area contributed by atoms with Gasteiger partial charge in [0.15, 0.2) is 0 Å². The highest BCUT2D eigenvalue weighted by Crippen LogP contribution is 2.28. The molecule has 0 bridgehead atoms. The lowest BCUT2D eigenvalue weighted by molar-refractivity contribution is -0.137. The average Bonchev–Trinajstić information content (AvgIpc) is 2.79. The van der Waals surface area contributed by atoms with E-state index < -0.39 is 23.7 Å². The van der Waals surface area contributed by atoms with E-state index in [2.05, 4.69) is 10.3 Å². The van der Waals surface area contributed by atoms with Crippen molar-refractivity contribution in [1.82, 2.24) is 10.3 Å². The first-order valence-corrected chi connectivity index (χ1v) is 12.2. The van der Waals surface area contributed by atoms with Crippen LogP contribution in [0.25, 0.3) is 22.2 Å². The molecule has 1 amide bonds. The Hall–Kier alpha value is -3.68. The zero-order valence-electron chi connectivity index (χ0n) is 21.7. The number of nitrogens with zero attached hydrogens (tertiary/aromatic N) is 1. The van der Waals surface area contributed by atoms with Crippen molar-refractivity contribution in [3.8, 4) is 17.0 Å². The molecule has 2 aromatic heterocycles. The maximum atomic E-state index is 13.2. The van der Waals surface area contributed by atoms with Gasteiger partial charge in [-0.15, -0.1) is 0 Å². The van der Waals surface area contributed by atoms with Crippen LogP contribution < -0.4 is 15.5 Å². The number of alkyl carbamates (subject to hydrolysis) is 1. The molecule has 8 nitrogen and oxygen atoms in total. The Kier molecular flexibility index (Phi) is 8.50. The van der Waals surface area contributed by atoms with Crippen molar-refractivity contribution in [2.75, 3.05) is 0 Å². The second kappa shape index (κ2) is 11.4. The van der Waals surface area contributed by atoms with Crippen LogP contribution >= 0.6 is 0 Å². The predicted molar refractivity (Wildman–Crippen MR) is 138 cm³/mol. The van der Waals surface area contributed by atoms with Gasteiger partial charge in [0.05, 0.1) is 16.6 Å². The largest absolute Gasteiger partial charge is 0.463 e. The highest BCUT2D eigenvalue weighted by atomic mass is 16.6. The molecule has 0 aliphatic heterocycles. The van der Waals surface area contributed by atoms with E-state index in [0.717, 1.165) is 6.42 Å². The van der Waals surface area contributed by atoms with E-state index in [0.29, 0.717) is 46.4 Å². The van der Waals surface area contributed by atoms with E-state index >= 15 is 0 Å². The first-order chi connectivity index (χ1) is 17.0. The van der Waals surface area contributed by atoms with Gasteiger partial charge in [-0.3, -0.25) is 9.78 Å². The van der Waals surface area contributed by atoms with Gasteiger partial charge in [-0.1, -0.05) is 33.3 Å². The summed E-state index contributed by atoms with van der Waals surface area (Å²) in [5.74, 6) is -0.200. The number of rotatable bonds is 8. The van der Waals surface area contributed by atoms with Gasteiger partial charge >= 0.3 is 12.1 Å². The highest BCUT2D eigenvalue weighted by Gasteiger charge is 2.27. The molecular formula is C28H34N2O6. The second-order valence-electron chi connectivity index (χ2n) is 10.1. The van der Waals surface area contributed by atoms with Crippen LogP contribution in [0.1, 0.15) is 59.9 Å². The number of benzene rings is 1. The molecule has 8 heteroatoms. The Morgan fingerprint density at radius 2 is 1.92 bits per heavy atom. The molecule has 1 unspecified atom stereocenters. The zero-order chi connectivity index (χ0) is 26.5. The fourth-order valence-corrected chi connectivity index (χ4v) is 3.78. The summed E-state index contributed by atoms with van der Waals surface area (Å²) in [6, 6.07) is 7.68. The van der Waals surface area contributed by atoms with Crippen LogP contribution in [0.5, 0.6) is 5.75 Å². The minimum absolute atomic E-state index is 0.118. The van der Waals surface area contributed by atoms with Crippen LogP contribution in [-0.2, 0) is 16.0 Å². The molecule has 0 saturated carbocycles. The van der Waals surface area contributed by atoms with E-state index in [1.165, 1.54) is 6.26 Å². The maximum Gasteiger partial charge on any atom is 0.408 e. The fourth-order valence-electron chi connectivity index (χ4n) is 3.78. The van der Waals surface area contributed by atoms with E-state index in [9.17, 15) is 14.4 Å². The van der Waals surface area contributed by atoms with Crippen LogP contribution in [0.3, 0.4) is 0 Å². The molecule has 0 aliphatic rings. The summed E-state index contributed by atoms with van der Waals surface area (Å²) in [5, 5.41) is 3.01. The SMILES string of the molecule is CCCc1cc2c(=O)c(-c3ccccn3)coc2cc1OC(=O)C(CC(C)C)NC(=O)OC(C)(C)C. The number of hydrogen-bond acceptors (Lipinski definition) is 7. The van der Waals surface area contributed by atoms with Crippen LogP contribution in [0.2, 0.25) is 0 Å². The van der Waals surface area contributed by atoms with Crippen molar-refractivity contribution < 1.29 is 23.5 Å². The Bertz CT molecular complexity index is 1270. The number of aromatic nitrogens is 1. The molecule has 36 heavy (non-hydrogen) atoms. The molecule has 1 N–H and O–H groups in total. The minimum atomic E-state index is -0.899. The van der Waals surface area contributed by atoms with Gasteiger partial charge in [0.25, 0.3) is 0 Å². The molecular weight excluding hydrogens is 460 g/mol. The number of pyridine rings is 1. The molecule has 3 aromatic rings. The summed E-state index contributed by atoms with van der Waals surface area (Å²) < 4.78 is 16.8. The van der Waals surface area contributed by atoms with Gasteiger partial charge in [0, 0.05) is 12.3 Å². The molecule has 0 fully saturated rings. The average molecular weight is 495 g/mol. The monoisotopic (exact) mass is 494 g/mol. The Balaban J connectivity index is 1.95. The molecule has 192 valence electrons. The summed E-state index contributed by atoms with van der Waals surface area (Å²) >= 11 is 0. The minimum Gasteiger partial charge on any atom is -0.463 e. The van der Waals surface area contributed by atoms with Crippen molar-refractivity contribution in [3.63, 3.8) is 0 Å². The Morgan fingerprint density at radius 3 is 2.53 bits per heavy atom. The molecule has 1 aromatic carbocycles. The van der Waals surface area contributed by atoms with Crippen molar-refractivity contribution in [3.05, 3.63) is 58.6 Å². The van der Waals surface area contributed by atoms with Crippen molar-refractivity contribution in [2.24, 2.45) is 5.92 Å².